The Morgan fingerprint density at radius 2 is 1.82 bits per heavy atom. The number of carbonyl (C=O) groups excluding carboxylic acids is 1. The molecule has 0 bridgehead atoms. The van der Waals surface area contributed by atoms with Crippen LogP contribution in [-0.4, -0.2) is 62.1 Å². The van der Waals surface area contributed by atoms with Gasteiger partial charge in [-0.2, -0.15) is 0 Å². The maximum Gasteiger partial charge on any atom is 0.238 e. The highest BCUT2D eigenvalue weighted by molar-refractivity contribution is 6.31. The maximum atomic E-state index is 12.6. The minimum atomic E-state index is 0.000697. The molecule has 1 amide bonds. The molecule has 1 N–H and O–H groups in total. The van der Waals surface area contributed by atoms with Gasteiger partial charge in [-0.25, -0.2) is 0 Å². The van der Waals surface area contributed by atoms with Crippen LogP contribution in [0, 0.1) is 12.8 Å². The Bertz CT molecular complexity index is 661. The standard InChI is InChI=1S/C22H34ClN3O2/c1-17-13-20(21(28-2)14-19(17)23)24-22(27)16-26-10-6-9-25(11-12-26)15-18-7-4-3-5-8-18/h13-14,18H,3-12,15-16H2,1-2H3,(H,24,27). The monoisotopic (exact) mass is 407 g/mol. The van der Waals surface area contributed by atoms with Crippen LogP contribution < -0.4 is 10.1 Å². The summed E-state index contributed by atoms with van der Waals surface area (Å²) in [6.07, 6.45) is 8.13. The quantitative estimate of drug-likeness (QED) is 0.768. The fraction of sp³-hybridized carbons (Fsp3) is 0.682. The number of benzene rings is 1. The number of ether oxygens (including phenoxy) is 1. The van der Waals surface area contributed by atoms with E-state index in [1.165, 1.54) is 38.6 Å². The minimum absolute atomic E-state index is 0.000697. The van der Waals surface area contributed by atoms with E-state index in [-0.39, 0.29) is 5.91 Å². The molecule has 1 saturated carbocycles. The van der Waals surface area contributed by atoms with Crippen molar-refractivity contribution < 1.29 is 9.53 Å². The Labute approximate surface area is 174 Å². The van der Waals surface area contributed by atoms with Crippen LogP contribution in [0.3, 0.4) is 0 Å². The number of halogens is 1. The van der Waals surface area contributed by atoms with Crippen molar-refractivity contribution in [3.8, 4) is 5.75 Å². The summed E-state index contributed by atoms with van der Waals surface area (Å²) in [4.78, 5) is 17.5. The number of aryl methyl sites for hydroxylation is 1. The first-order chi connectivity index (χ1) is 13.5. The van der Waals surface area contributed by atoms with Gasteiger partial charge in [-0.15, -0.1) is 0 Å². The molecule has 156 valence electrons. The zero-order valence-corrected chi connectivity index (χ0v) is 18.1. The van der Waals surface area contributed by atoms with Crippen LogP contribution in [0.4, 0.5) is 5.69 Å². The molecule has 1 aromatic rings. The summed E-state index contributed by atoms with van der Waals surface area (Å²) in [5, 5.41) is 3.64. The van der Waals surface area contributed by atoms with Crippen molar-refractivity contribution in [1.29, 1.82) is 0 Å². The van der Waals surface area contributed by atoms with Crippen LogP contribution in [0.1, 0.15) is 44.1 Å². The van der Waals surface area contributed by atoms with E-state index >= 15 is 0 Å². The van der Waals surface area contributed by atoms with Crippen molar-refractivity contribution in [2.24, 2.45) is 5.92 Å². The van der Waals surface area contributed by atoms with Gasteiger partial charge in [0.2, 0.25) is 5.91 Å². The number of hydrogen-bond acceptors (Lipinski definition) is 4. The second-order valence-electron chi connectivity index (χ2n) is 8.28. The van der Waals surface area contributed by atoms with Crippen LogP contribution in [-0.2, 0) is 4.79 Å². The highest BCUT2D eigenvalue weighted by Gasteiger charge is 2.21. The molecule has 3 rings (SSSR count). The van der Waals surface area contributed by atoms with Gasteiger partial charge < -0.3 is 15.0 Å². The van der Waals surface area contributed by atoms with Crippen molar-refractivity contribution in [2.75, 3.05) is 51.7 Å². The highest BCUT2D eigenvalue weighted by Crippen LogP contribution is 2.31. The molecular formula is C22H34ClN3O2. The predicted octanol–water partition coefficient (Wildman–Crippen LogP) is 4.18. The van der Waals surface area contributed by atoms with Gasteiger partial charge in [0.15, 0.2) is 0 Å². The molecular weight excluding hydrogens is 374 g/mol. The Balaban J connectivity index is 1.49. The Kier molecular flexibility index (Phi) is 8.00. The van der Waals surface area contributed by atoms with Crippen molar-refractivity contribution >= 4 is 23.2 Å². The fourth-order valence-corrected chi connectivity index (χ4v) is 4.58. The molecule has 28 heavy (non-hydrogen) atoms. The number of methoxy groups -OCH3 is 1. The summed E-state index contributed by atoms with van der Waals surface area (Å²) < 4.78 is 5.36. The first-order valence-corrected chi connectivity index (χ1v) is 11.0. The molecule has 0 unspecified atom stereocenters. The lowest BCUT2D eigenvalue weighted by Crippen LogP contribution is -2.37. The predicted molar refractivity (Wildman–Crippen MR) is 115 cm³/mol. The van der Waals surface area contributed by atoms with E-state index in [4.69, 9.17) is 16.3 Å². The van der Waals surface area contributed by atoms with Crippen molar-refractivity contribution in [2.45, 2.75) is 45.4 Å². The molecule has 1 aliphatic carbocycles. The smallest absolute Gasteiger partial charge is 0.238 e. The van der Waals surface area contributed by atoms with Crippen molar-refractivity contribution in [3.05, 3.63) is 22.7 Å². The summed E-state index contributed by atoms with van der Waals surface area (Å²) >= 11 is 6.15. The molecule has 6 heteroatoms. The van der Waals surface area contributed by atoms with Gasteiger partial charge in [0.05, 0.1) is 19.3 Å². The lowest BCUT2D eigenvalue weighted by molar-refractivity contribution is -0.117. The molecule has 1 heterocycles. The average molecular weight is 408 g/mol. The summed E-state index contributed by atoms with van der Waals surface area (Å²) in [5.74, 6) is 1.48. The second kappa shape index (κ2) is 10.5. The van der Waals surface area contributed by atoms with Gasteiger partial charge in [0.1, 0.15) is 5.75 Å². The number of hydrogen-bond donors (Lipinski definition) is 1. The maximum absolute atomic E-state index is 12.6. The number of anilines is 1. The third-order valence-corrected chi connectivity index (χ3v) is 6.45. The number of rotatable bonds is 6. The minimum Gasteiger partial charge on any atom is -0.495 e. The molecule has 2 aliphatic rings. The Hall–Kier alpha value is -1.30. The lowest BCUT2D eigenvalue weighted by atomic mass is 9.89. The summed E-state index contributed by atoms with van der Waals surface area (Å²) in [7, 11) is 1.59. The number of nitrogens with zero attached hydrogens (tertiary/aromatic N) is 2. The van der Waals surface area contributed by atoms with E-state index in [1.54, 1.807) is 13.2 Å². The SMILES string of the molecule is COc1cc(Cl)c(C)cc1NC(=O)CN1CCCN(CC2CCCCC2)CC1. The first-order valence-electron chi connectivity index (χ1n) is 10.6. The molecule has 5 nitrogen and oxygen atoms in total. The van der Waals surface area contributed by atoms with Gasteiger partial charge in [-0.1, -0.05) is 30.9 Å². The van der Waals surface area contributed by atoms with E-state index in [2.05, 4.69) is 15.1 Å². The molecule has 2 fully saturated rings. The zero-order valence-electron chi connectivity index (χ0n) is 17.3. The van der Waals surface area contributed by atoms with E-state index in [1.807, 2.05) is 13.0 Å². The van der Waals surface area contributed by atoms with Crippen molar-refractivity contribution in [1.82, 2.24) is 9.80 Å². The molecule has 0 aromatic heterocycles. The van der Waals surface area contributed by atoms with Gasteiger partial charge in [0.25, 0.3) is 0 Å². The Morgan fingerprint density at radius 3 is 2.57 bits per heavy atom. The molecule has 0 atom stereocenters. The average Bonchev–Trinajstić information content (AvgIpc) is 2.90. The van der Waals surface area contributed by atoms with Gasteiger partial charge in [-0.3, -0.25) is 9.69 Å². The van der Waals surface area contributed by atoms with Crippen LogP contribution >= 0.6 is 11.6 Å². The highest BCUT2D eigenvalue weighted by atomic mass is 35.5. The largest absolute Gasteiger partial charge is 0.495 e. The summed E-state index contributed by atoms with van der Waals surface area (Å²) in [6, 6.07) is 3.62. The van der Waals surface area contributed by atoms with E-state index in [0.717, 1.165) is 44.1 Å². The van der Waals surface area contributed by atoms with Gasteiger partial charge in [-0.05, 0) is 56.8 Å². The van der Waals surface area contributed by atoms with E-state index in [9.17, 15) is 4.79 Å². The molecule has 0 spiro atoms. The van der Waals surface area contributed by atoms with Gasteiger partial charge >= 0.3 is 0 Å². The molecule has 1 aromatic carbocycles. The van der Waals surface area contributed by atoms with Crippen LogP contribution in [0.5, 0.6) is 5.75 Å². The van der Waals surface area contributed by atoms with E-state index in [0.29, 0.717) is 23.0 Å². The first kappa shape index (κ1) is 21.4. The van der Waals surface area contributed by atoms with Crippen LogP contribution in [0.25, 0.3) is 0 Å². The molecule has 1 aliphatic heterocycles. The fourth-order valence-electron chi connectivity index (χ4n) is 4.42. The summed E-state index contributed by atoms with van der Waals surface area (Å²) in [5.41, 5.74) is 1.61. The van der Waals surface area contributed by atoms with Gasteiger partial charge in [0, 0.05) is 30.7 Å². The van der Waals surface area contributed by atoms with Crippen LogP contribution in [0.2, 0.25) is 5.02 Å². The Morgan fingerprint density at radius 1 is 1.11 bits per heavy atom. The molecule has 0 radical (unpaired) electrons. The van der Waals surface area contributed by atoms with Crippen molar-refractivity contribution in [3.63, 3.8) is 0 Å². The van der Waals surface area contributed by atoms with Crippen LogP contribution in [0.15, 0.2) is 12.1 Å². The number of carbonyl (C=O) groups is 1. The zero-order chi connectivity index (χ0) is 19.9. The topological polar surface area (TPSA) is 44.8 Å². The third-order valence-electron chi connectivity index (χ3n) is 6.04. The lowest BCUT2D eigenvalue weighted by Gasteiger charge is -2.28. The second-order valence-corrected chi connectivity index (χ2v) is 8.69. The summed E-state index contributed by atoms with van der Waals surface area (Å²) in [6.45, 7) is 7.73. The number of nitrogens with one attached hydrogen (secondary N) is 1. The van der Waals surface area contributed by atoms with E-state index < -0.39 is 0 Å². The third kappa shape index (κ3) is 6.10. The number of amides is 1. The molecule has 1 saturated heterocycles. The normalized spacial score (nSPS) is 20.0.